The number of hydrogen-bond acceptors (Lipinski definition) is 4. The van der Waals surface area contributed by atoms with Gasteiger partial charge in [-0.1, -0.05) is 24.3 Å². The van der Waals surface area contributed by atoms with Crippen LogP contribution in [0.15, 0.2) is 48.5 Å². The number of para-hydroxylation sites is 1. The molecule has 2 aromatic carbocycles. The first-order chi connectivity index (χ1) is 9.97. The monoisotopic (exact) mass is 306 g/mol. The van der Waals surface area contributed by atoms with Crippen LogP contribution in [0.5, 0.6) is 5.75 Å². The summed E-state index contributed by atoms with van der Waals surface area (Å²) in [4.78, 5) is 0. The number of fused-ring (bicyclic) bond motifs is 1. The highest BCUT2D eigenvalue weighted by molar-refractivity contribution is 7.85. The molecule has 21 heavy (non-hydrogen) atoms. The van der Waals surface area contributed by atoms with Gasteiger partial charge in [0, 0.05) is 11.5 Å². The Kier molecular flexibility index (Phi) is 3.13. The van der Waals surface area contributed by atoms with Gasteiger partial charge < -0.3 is 4.18 Å². The molecule has 0 bridgehead atoms. The van der Waals surface area contributed by atoms with E-state index in [2.05, 4.69) is 5.10 Å². The summed E-state index contributed by atoms with van der Waals surface area (Å²) in [7, 11) is -4.20. The van der Waals surface area contributed by atoms with Crippen LogP contribution in [0.3, 0.4) is 0 Å². The Balaban J connectivity index is 2.09. The second-order valence-electron chi connectivity index (χ2n) is 4.44. The van der Waals surface area contributed by atoms with Crippen LogP contribution < -0.4 is 4.18 Å². The van der Waals surface area contributed by atoms with Gasteiger partial charge in [-0.3, -0.25) is 0 Å². The molecule has 0 fully saturated rings. The number of halogens is 1. The van der Waals surface area contributed by atoms with E-state index in [1.165, 1.54) is 18.2 Å². The summed E-state index contributed by atoms with van der Waals surface area (Å²) in [6.07, 6.45) is 0. The van der Waals surface area contributed by atoms with Gasteiger partial charge in [-0.15, -0.1) is 4.09 Å². The lowest BCUT2D eigenvalue weighted by Gasteiger charge is -2.07. The maximum atomic E-state index is 13.1. The van der Waals surface area contributed by atoms with Gasteiger partial charge in [0.15, 0.2) is 0 Å². The molecule has 5 nitrogen and oxygen atoms in total. The van der Waals surface area contributed by atoms with Crippen molar-refractivity contribution in [1.29, 1.82) is 0 Å². The van der Waals surface area contributed by atoms with Gasteiger partial charge >= 0.3 is 10.3 Å². The third-order valence-electron chi connectivity index (χ3n) is 2.95. The van der Waals surface area contributed by atoms with E-state index in [1.807, 2.05) is 0 Å². The molecule has 1 heterocycles. The fraction of sp³-hybridized carbons (Fsp3) is 0.0714. The Morgan fingerprint density at radius 3 is 2.67 bits per heavy atom. The van der Waals surface area contributed by atoms with Gasteiger partial charge in [0.2, 0.25) is 0 Å². The molecule has 0 aliphatic heterocycles. The lowest BCUT2D eigenvalue weighted by atomic mass is 10.2. The average Bonchev–Trinajstić information content (AvgIpc) is 2.77. The van der Waals surface area contributed by atoms with Crippen LogP contribution in [0.2, 0.25) is 0 Å². The SMILES string of the molecule is Cc1nn(S(=O)(=O)Oc2cccc(F)c2)c2ccccc12. The molecule has 1 aromatic heterocycles. The van der Waals surface area contributed by atoms with E-state index < -0.39 is 16.1 Å². The quantitative estimate of drug-likeness (QED) is 0.746. The van der Waals surface area contributed by atoms with Crippen molar-refractivity contribution in [2.45, 2.75) is 6.92 Å². The van der Waals surface area contributed by atoms with Crippen molar-refractivity contribution in [2.24, 2.45) is 0 Å². The summed E-state index contributed by atoms with van der Waals surface area (Å²) < 4.78 is 43.4. The largest absolute Gasteiger partial charge is 0.429 e. The molecule has 0 radical (unpaired) electrons. The number of aryl methyl sites for hydroxylation is 1. The minimum absolute atomic E-state index is 0.104. The minimum atomic E-state index is -4.20. The Labute approximate surface area is 120 Å². The first-order valence-corrected chi connectivity index (χ1v) is 7.49. The van der Waals surface area contributed by atoms with Crippen LogP contribution in [0, 0.1) is 12.7 Å². The molecule has 0 saturated heterocycles. The smallest absolute Gasteiger partial charge is 0.365 e. The molecule has 0 N–H and O–H groups in total. The number of benzene rings is 2. The molecule has 0 atom stereocenters. The van der Waals surface area contributed by atoms with Crippen LogP contribution in [0.25, 0.3) is 10.9 Å². The van der Waals surface area contributed by atoms with Crippen LogP contribution in [0.4, 0.5) is 4.39 Å². The first kappa shape index (κ1) is 13.6. The molecular weight excluding hydrogens is 295 g/mol. The second-order valence-corrected chi connectivity index (χ2v) is 5.81. The molecule has 0 saturated carbocycles. The fourth-order valence-electron chi connectivity index (χ4n) is 2.04. The topological polar surface area (TPSA) is 61.2 Å². The fourth-order valence-corrected chi connectivity index (χ4v) is 3.08. The number of nitrogens with zero attached hydrogens (tertiary/aromatic N) is 2. The highest BCUT2D eigenvalue weighted by Crippen LogP contribution is 2.21. The molecule has 0 aliphatic carbocycles. The maximum absolute atomic E-state index is 13.1. The molecule has 108 valence electrons. The molecule has 0 aliphatic rings. The van der Waals surface area contributed by atoms with Crippen molar-refractivity contribution in [3.8, 4) is 5.75 Å². The zero-order valence-electron chi connectivity index (χ0n) is 11.0. The minimum Gasteiger partial charge on any atom is -0.365 e. The Morgan fingerprint density at radius 2 is 1.90 bits per heavy atom. The molecule has 0 spiro atoms. The molecule has 0 unspecified atom stereocenters. The summed E-state index contributed by atoms with van der Waals surface area (Å²) in [5, 5.41) is 4.70. The van der Waals surface area contributed by atoms with E-state index in [1.54, 1.807) is 31.2 Å². The average molecular weight is 306 g/mol. The highest BCUT2D eigenvalue weighted by Gasteiger charge is 2.21. The predicted octanol–water partition coefficient (Wildman–Crippen LogP) is 2.66. The molecule has 3 aromatic rings. The van der Waals surface area contributed by atoms with Crippen molar-refractivity contribution in [3.63, 3.8) is 0 Å². The van der Waals surface area contributed by atoms with E-state index in [0.29, 0.717) is 16.6 Å². The van der Waals surface area contributed by atoms with Gasteiger partial charge in [0.25, 0.3) is 0 Å². The van der Waals surface area contributed by atoms with Crippen molar-refractivity contribution >= 4 is 21.2 Å². The number of aromatic nitrogens is 2. The van der Waals surface area contributed by atoms with E-state index in [-0.39, 0.29) is 5.75 Å². The normalized spacial score (nSPS) is 11.7. The Hall–Kier alpha value is -2.41. The number of hydrogen-bond donors (Lipinski definition) is 0. The van der Waals surface area contributed by atoms with E-state index in [4.69, 9.17) is 4.18 Å². The van der Waals surface area contributed by atoms with E-state index in [9.17, 15) is 12.8 Å². The summed E-state index contributed by atoms with van der Waals surface area (Å²) in [6, 6.07) is 11.8. The lowest BCUT2D eigenvalue weighted by molar-refractivity contribution is 0.468. The third kappa shape index (κ3) is 2.47. The summed E-state index contributed by atoms with van der Waals surface area (Å²) in [5.74, 6) is -0.684. The van der Waals surface area contributed by atoms with E-state index in [0.717, 1.165) is 10.2 Å². The first-order valence-electron chi connectivity index (χ1n) is 6.12. The Morgan fingerprint density at radius 1 is 1.14 bits per heavy atom. The van der Waals surface area contributed by atoms with Crippen LogP contribution in [-0.4, -0.2) is 17.6 Å². The van der Waals surface area contributed by atoms with Gasteiger partial charge in [-0.05, 0) is 25.1 Å². The van der Waals surface area contributed by atoms with Crippen LogP contribution in [0.1, 0.15) is 5.69 Å². The van der Waals surface area contributed by atoms with Gasteiger partial charge in [0.05, 0.1) is 11.2 Å². The molecular formula is C14H11FN2O3S. The van der Waals surface area contributed by atoms with Crippen molar-refractivity contribution in [2.75, 3.05) is 0 Å². The van der Waals surface area contributed by atoms with Crippen molar-refractivity contribution in [3.05, 3.63) is 60.0 Å². The van der Waals surface area contributed by atoms with E-state index >= 15 is 0 Å². The summed E-state index contributed by atoms with van der Waals surface area (Å²) in [5.41, 5.74) is 0.975. The summed E-state index contributed by atoms with van der Waals surface area (Å²) in [6.45, 7) is 1.70. The predicted molar refractivity (Wildman–Crippen MR) is 75.8 cm³/mol. The highest BCUT2D eigenvalue weighted by atomic mass is 32.2. The molecule has 7 heteroatoms. The van der Waals surface area contributed by atoms with Crippen molar-refractivity contribution < 1.29 is 17.0 Å². The van der Waals surface area contributed by atoms with Crippen molar-refractivity contribution in [1.82, 2.24) is 9.19 Å². The van der Waals surface area contributed by atoms with Gasteiger partial charge in [-0.25, -0.2) is 4.39 Å². The zero-order chi connectivity index (χ0) is 15.0. The lowest BCUT2D eigenvalue weighted by Crippen LogP contribution is -2.20. The van der Waals surface area contributed by atoms with Crippen LogP contribution >= 0.6 is 0 Å². The van der Waals surface area contributed by atoms with Gasteiger partial charge in [0.1, 0.15) is 11.6 Å². The zero-order valence-corrected chi connectivity index (χ0v) is 11.8. The maximum Gasteiger partial charge on any atom is 0.429 e. The Bertz CT molecular complexity index is 919. The molecule has 3 rings (SSSR count). The second kappa shape index (κ2) is 4.85. The molecule has 0 amide bonds. The third-order valence-corrected chi connectivity index (χ3v) is 4.06. The summed E-state index contributed by atoms with van der Waals surface area (Å²) >= 11 is 0. The number of rotatable bonds is 3. The standard InChI is InChI=1S/C14H11FN2O3S/c1-10-13-7-2-3-8-14(13)17(16-10)21(18,19)20-12-6-4-5-11(15)9-12/h2-9H,1H3. The van der Waals surface area contributed by atoms with Gasteiger partial charge in [-0.2, -0.15) is 13.5 Å². The van der Waals surface area contributed by atoms with Crippen LogP contribution in [-0.2, 0) is 10.3 Å².